The van der Waals surface area contributed by atoms with E-state index in [2.05, 4.69) is 38.9 Å². The normalized spacial score (nSPS) is 14.2. The molecular weight excluding hydrogens is 442 g/mol. The molecule has 10 nitrogen and oxygen atoms in total. The second kappa shape index (κ2) is 9.44. The van der Waals surface area contributed by atoms with Gasteiger partial charge in [0, 0.05) is 36.6 Å². The molecule has 0 aromatic carbocycles. The molecule has 5 rings (SSSR count). The predicted molar refractivity (Wildman–Crippen MR) is 136 cm³/mol. The highest BCUT2D eigenvalue weighted by Crippen LogP contribution is 2.33. The maximum atomic E-state index is 6.24. The van der Waals surface area contributed by atoms with Crippen LogP contribution in [0.3, 0.4) is 0 Å². The maximum absolute atomic E-state index is 6.24. The molecule has 1 fully saturated rings. The largest absolute Gasteiger partial charge is 0.488 e. The van der Waals surface area contributed by atoms with E-state index in [0.717, 1.165) is 34.6 Å². The molecule has 0 unspecified atom stereocenters. The number of nitrogens with zero attached hydrogens (tertiary/aromatic N) is 8. The Morgan fingerprint density at radius 3 is 2.49 bits per heavy atom. The second-order valence-electron chi connectivity index (χ2n) is 9.21. The first-order valence-corrected chi connectivity index (χ1v) is 12.2. The van der Waals surface area contributed by atoms with Crippen molar-refractivity contribution >= 4 is 22.7 Å². The fraction of sp³-hybridized carbons (Fsp3) is 0.440. The highest BCUT2D eigenvalue weighted by molar-refractivity contribution is 5.96. The Hall–Kier alpha value is -3.82. The number of hydrogen-bond donors (Lipinski definition) is 1. The van der Waals surface area contributed by atoms with Crippen LogP contribution in [-0.4, -0.2) is 53.9 Å². The lowest BCUT2D eigenvalue weighted by Crippen LogP contribution is -2.31. The van der Waals surface area contributed by atoms with Gasteiger partial charge in [0.15, 0.2) is 17.4 Å². The number of pyridine rings is 1. The standard InChI is InChI=1S/C25H31N9O/c1-5-20-24(33(4)17-8-6-7-9-17)32-21-19(13-27-23(26)22(21)31-20)16-10-30-34(14-16)25-28-11-18(12-29-25)35-15(2)3/h10-15,17H,5-9H2,1-4H3,(H2,26,27). The van der Waals surface area contributed by atoms with Gasteiger partial charge in [-0.15, -0.1) is 0 Å². The van der Waals surface area contributed by atoms with Crippen LogP contribution in [0.25, 0.3) is 28.1 Å². The molecule has 1 saturated carbocycles. The van der Waals surface area contributed by atoms with E-state index in [1.54, 1.807) is 29.5 Å². The molecule has 0 atom stereocenters. The number of rotatable bonds is 7. The number of anilines is 2. The molecule has 1 aliphatic carbocycles. The third kappa shape index (κ3) is 4.48. The first-order valence-electron chi connectivity index (χ1n) is 12.2. The third-order valence-corrected chi connectivity index (χ3v) is 6.40. The zero-order chi connectivity index (χ0) is 24.5. The summed E-state index contributed by atoms with van der Waals surface area (Å²) in [5.41, 5.74) is 10.2. The minimum absolute atomic E-state index is 0.0546. The Labute approximate surface area is 204 Å². The average molecular weight is 474 g/mol. The van der Waals surface area contributed by atoms with Crippen LogP contribution in [0.2, 0.25) is 0 Å². The van der Waals surface area contributed by atoms with Gasteiger partial charge in [-0.2, -0.15) is 5.10 Å². The fourth-order valence-electron chi connectivity index (χ4n) is 4.61. The molecule has 0 spiro atoms. The molecule has 4 aromatic heterocycles. The number of ether oxygens (including phenoxy) is 1. The van der Waals surface area contributed by atoms with Crippen molar-refractivity contribution in [2.75, 3.05) is 17.7 Å². The zero-order valence-corrected chi connectivity index (χ0v) is 20.6. The SMILES string of the molecule is CCc1nc2c(N)ncc(-c3cnn(-c4ncc(OC(C)C)cn4)c3)c2nc1N(C)C1CCCC1. The first kappa shape index (κ1) is 22.9. The van der Waals surface area contributed by atoms with E-state index in [9.17, 15) is 0 Å². The molecule has 35 heavy (non-hydrogen) atoms. The van der Waals surface area contributed by atoms with Gasteiger partial charge < -0.3 is 15.4 Å². The average Bonchev–Trinajstić information content (AvgIpc) is 3.56. The lowest BCUT2D eigenvalue weighted by Gasteiger charge is -2.27. The summed E-state index contributed by atoms with van der Waals surface area (Å²) in [5, 5.41) is 4.47. The summed E-state index contributed by atoms with van der Waals surface area (Å²) in [7, 11) is 2.12. The van der Waals surface area contributed by atoms with Crippen molar-refractivity contribution in [2.45, 2.75) is 65.0 Å². The Morgan fingerprint density at radius 1 is 1.06 bits per heavy atom. The molecule has 0 bridgehead atoms. The van der Waals surface area contributed by atoms with Gasteiger partial charge in [0.1, 0.15) is 11.0 Å². The second-order valence-corrected chi connectivity index (χ2v) is 9.21. The summed E-state index contributed by atoms with van der Waals surface area (Å²) in [6.45, 7) is 6.01. The molecule has 4 heterocycles. The van der Waals surface area contributed by atoms with Crippen LogP contribution in [0.4, 0.5) is 11.6 Å². The number of aromatic nitrogens is 7. The number of nitrogen functional groups attached to an aromatic ring is 1. The number of hydrogen-bond acceptors (Lipinski definition) is 9. The highest BCUT2D eigenvalue weighted by Gasteiger charge is 2.24. The molecule has 182 valence electrons. The maximum Gasteiger partial charge on any atom is 0.250 e. The predicted octanol–water partition coefficient (Wildman–Crippen LogP) is 3.98. The van der Waals surface area contributed by atoms with Gasteiger partial charge in [0.05, 0.1) is 30.4 Å². The van der Waals surface area contributed by atoms with E-state index in [1.807, 2.05) is 20.0 Å². The minimum atomic E-state index is 0.0546. The monoisotopic (exact) mass is 473 g/mol. The summed E-state index contributed by atoms with van der Waals surface area (Å²) < 4.78 is 7.25. The molecular formula is C25H31N9O. The topological polar surface area (TPSA) is 121 Å². The number of nitrogens with two attached hydrogens (primary N) is 1. The Morgan fingerprint density at radius 2 is 1.80 bits per heavy atom. The highest BCUT2D eigenvalue weighted by atomic mass is 16.5. The molecule has 0 radical (unpaired) electrons. The van der Waals surface area contributed by atoms with Gasteiger partial charge in [-0.1, -0.05) is 19.8 Å². The molecule has 10 heteroatoms. The quantitative estimate of drug-likeness (QED) is 0.425. The van der Waals surface area contributed by atoms with Crippen LogP contribution in [0.5, 0.6) is 5.75 Å². The van der Waals surface area contributed by atoms with Crippen molar-refractivity contribution < 1.29 is 4.74 Å². The van der Waals surface area contributed by atoms with Crippen molar-refractivity contribution in [1.82, 2.24) is 34.7 Å². The molecule has 1 aliphatic rings. The molecule has 2 N–H and O–H groups in total. The smallest absolute Gasteiger partial charge is 0.250 e. The third-order valence-electron chi connectivity index (χ3n) is 6.40. The van der Waals surface area contributed by atoms with Gasteiger partial charge in [-0.05, 0) is 33.1 Å². The van der Waals surface area contributed by atoms with Gasteiger partial charge in [-0.25, -0.2) is 29.6 Å². The number of aryl methyl sites for hydroxylation is 1. The van der Waals surface area contributed by atoms with Crippen molar-refractivity contribution in [2.24, 2.45) is 0 Å². The molecule has 0 amide bonds. The van der Waals surface area contributed by atoms with Gasteiger partial charge in [-0.3, -0.25) is 0 Å². The first-order chi connectivity index (χ1) is 16.9. The van der Waals surface area contributed by atoms with Gasteiger partial charge in [0.25, 0.3) is 5.95 Å². The summed E-state index contributed by atoms with van der Waals surface area (Å²) in [4.78, 5) is 25.5. The van der Waals surface area contributed by atoms with Crippen LogP contribution in [0.15, 0.2) is 31.0 Å². The van der Waals surface area contributed by atoms with E-state index in [4.69, 9.17) is 20.4 Å². The van der Waals surface area contributed by atoms with Gasteiger partial charge >= 0.3 is 0 Å². The fourth-order valence-corrected chi connectivity index (χ4v) is 4.61. The lowest BCUT2D eigenvalue weighted by atomic mass is 10.1. The van der Waals surface area contributed by atoms with E-state index < -0.39 is 0 Å². The minimum Gasteiger partial charge on any atom is -0.488 e. The zero-order valence-electron chi connectivity index (χ0n) is 20.6. The van der Waals surface area contributed by atoms with E-state index >= 15 is 0 Å². The molecule has 0 aliphatic heterocycles. The summed E-state index contributed by atoms with van der Waals surface area (Å²) >= 11 is 0. The Kier molecular flexibility index (Phi) is 6.19. The summed E-state index contributed by atoms with van der Waals surface area (Å²) in [6, 6.07) is 0.484. The van der Waals surface area contributed by atoms with Crippen molar-refractivity contribution in [3.8, 4) is 22.8 Å². The van der Waals surface area contributed by atoms with Gasteiger partial charge in [0.2, 0.25) is 0 Å². The van der Waals surface area contributed by atoms with Crippen molar-refractivity contribution in [3.63, 3.8) is 0 Å². The molecule has 4 aromatic rings. The lowest BCUT2D eigenvalue weighted by molar-refractivity contribution is 0.240. The van der Waals surface area contributed by atoms with Crippen molar-refractivity contribution in [3.05, 3.63) is 36.7 Å². The summed E-state index contributed by atoms with van der Waals surface area (Å²) in [6.07, 6.45) is 14.3. The van der Waals surface area contributed by atoms with E-state index in [-0.39, 0.29) is 6.10 Å². The van der Waals surface area contributed by atoms with Crippen molar-refractivity contribution in [1.29, 1.82) is 0 Å². The number of fused-ring (bicyclic) bond motifs is 1. The van der Waals surface area contributed by atoms with Crippen LogP contribution in [0, 0.1) is 0 Å². The van der Waals surface area contributed by atoms with E-state index in [1.165, 1.54) is 25.7 Å². The van der Waals surface area contributed by atoms with Crippen LogP contribution >= 0.6 is 0 Å². The summed E-state index contributed by atoms with van der Waals surface area (Å²) in [5.74, 6) is 2.35. The van der Waals surface area contributed by atoms with Crippen LogP contribution in [0.1, 0.15) is 52.1 Å². The van der Waals surface area contributed by atoms with E-state index in [0.29, 0.717) is 29.1 Å². The van der Waals surface area contributed by atoms with Crippen LogP contribution in [-0.2, 0) is 6.42 Å². The van der Waals surface area contributed by atoms with Crippen LogP contribution < -0.4 is 15.4 Å². The molecule has 0 saturated heterocycles. The Bertz CT molecular complexity index is 1330. The Balaban J connectivity index is 1.55.